The second-order valence-corrected chi connectivity index (χ2v) is 16.6. The van der Waals surface area contributed by atoms with E-state index in [9.17, 15) is 28.0 Å². The molecule has 1 amide bonds. The van der Waals surface area contributed by atoms with Crippen LogP contribution in [0.1, 0.15) is 219 Å². The van der Waals surface area contributed by atoms with Gasteiger partial charge in [0, 0.05) is 0 Å². The fourth-order valence-corrected chi connectivity index (χ4v) is 7.36. The van der Waals surface area contributed by atoms with Crippen LogP contribution in [0.3, 0.4) is 0 Å². The topological polar surface area (TPSA) is 124 Å². The van der Waals surface area contributed by atoms with Crippen LogP contribution in [-0.2, 0) is 14.9 Å². The van der Waals surface area contributed by atoms with Gasteiger partial charge in [0.25, 0.3) is 10.1 Å². The van der Waals surface area contributed by atoms with Gasteiger partial charge in [-0.15, -0.1) is 0 Å². The van der Waals surface area contributed by atoms with E-state index in [0.717, 1.165) is 44.9 Å². The quantitative estimate of drug-likeness (QED) is 0.0282. The first kappa shape index (κ1) is 49.8. The summed E-state index contributed by atoms with van der Waals surface area (Å²) in [5.41, 5.74) is 0. The molecule has 4 N–H and O–H groups in total. The van der Waals surface area contributed by atoms with Crippen molar-refractivity contribution >= 4 is 16.0 Å². The highest BCUT2D eigenvalue weighted by atomic mass is 32.2. The number of aliphatic hydroxyl groups excluding tert-OH is 2. The maximum absolute atomic E-state index is 12.6. The number of carbonyl (C=O) groups excluding carboxylic acids is 1. The number of allylic oxidation sites excluding steroid dienone is 3. The van der Waals surface area contributed by atoms with Crippen molar-refractivity contribution in [3.05, 3.63) is 24.3 Å². The van der Waals surface area contributed by atoms with Gasteiger partial charge in [-0.2, -0.15) is 8.42 Å². The molecule has 0 radical (unpaired) electrons. The first-order valence-electron chi connectivity index (χ1n) is 21.6. The number of aliphatic hydroxyl groups is 2. The molecule has 0 spiro atoms. The Labute approximate surface area is 316 Å². The van der Waals surface area contributed by atoms with Gasteiger partial charge in [-0.05, 0) is 44.9 Å². The van der Waals surface area contributed by atoms with Crippen LogP contribution in [0.25, 0.3) is 0 Å². The van der Waals surface area contributed by atoms with Gasteiger partial charge >= 0.3 is 0 Å². The smallest absolute Gasteiger partial charge is 0.267 e. The molecule has 3 unspecified atom stereocenters. The number of amides is 1. The number of carbonyl (C=O) groups is 1. The highest BCUT2D eigenvalue weighted by molar-refractivity contribution is 7.85. The summed E-state index contributed by atoms with van der Waals surface area (Å²) >= 11 is 0. The molecule has 0 aliphatic carbocycles. The summed E-state index contributed by atoms with van der Waals surface area (Å²) in [5, 5.41) is 23.4. The van der Waals surface area contributed by atoms with Gasteiger partial charge in [0.15, 0.2) is 0 Å². The minimum absolute atomic E-state index is 0.275. The molecule has 51 heavy (non-hydrogen) atoms. The number of hydrogen-bond acceptors (Lipinski definition) is 5. The maximum Gasteiger partial charge on any atom is 0.267 e. The predicted octanol–water partition coefficient (Wildman–Crippen LogP) is 11.7. The molecule has 0 aliphatic heterocycles. The van der Waals surface area contributed by atoms with E-state index in [1.54, 1.807) is 6.08 Å². The fourth-order valence-electron chi connectivity index (χ4n) is 6.63. The molecule has 0 saturated heterocycles. The van der Waals surface area contributed by atoms with Gasteiger partial charge in [0.05, 0.1) is 17.9 Å². The molecule has 8 heteroatoms. The highest BCUT2D eigenvalue weighted by Gasteiger charge is 2.27. The third-order valence-electron chi connectivity index (χ3n) is 9.98. The van der Waals surface area contributed by atoms with Crippen molar-refractivity contribution in [2.24, 2.45) is 0 Å². The minimum Gasteiger partial charge on any atom is -0.387 e. The van der Waals surface area contributed by atoms with Gasteiger partial charge in [-0.25, -0.2) is 0 Å². The van der Waals surface area contributed by atoms with Gasteiger partial charge in [0.1, 0.15) is 6.10 Å². The number of unbranched alkanes of at least 4 members (excludes halogenated alkanes) is 28. The summed E-state index contributed by atoms with van der Waals surface area (Å²) in [5.74, 6) is -1.54. The van der Waals surface area contributed by atoms with E-state index in [-0.39, 0.29) is 6.42 Å². The maximum atomic E-state index is 12.6. The second-order valence-electron chi connectivity index (χ2n) is 15.1. The van der Waals surface area contributed by atoms with E-state index in [4.69, 9.17) is 0 Å². The summed E-state index contributed by atoms with van der Waals surface area (Å²) in [6.07, 6.45) is 43.7. The molecule has 0 fully saturated rings. The summed E-state index contributed by atoms with van der Waals surface area (Å²) in [4.78, 5) is 12.6. The Morgan fingerprint density at radius 1 is 0.529 bits per heavy atom. The summed E-state index contributed by atoms with van der Waals surface area (Å²) in [6.45, 7) is 4.51. The van der Waals surface area contributed by atoms with Crippen molar-refractivity contribution in [3.8, 4) is 0 Å². The molecule has 3 atom stereocenters. The zero-order valence-electron chi connectivity index (χ0n) is 33.4. The van der Waals surface area contributed by atoms with Crippen molar-refractivity contribution in [2.45, 2.75) is 238 Å². The molecule has 0 aromatic rings. The number of hydrogen-bond donors (Lipinski definition) is 4. The Bertz CT molecular complexity index is 921. The molecule has 0 aliphatic rings. The Morgan fingerprint density at radius 3 is 1.24 bits per heavy atom. The standard InChI is InChI=1S/C43H83NO6S/c1-3-5-7-9-11-13-15-17-19-20-21-22-24-26-28-30-32-34-36-38-42(46)43(47)44-40(39-51(48,49)50)41(45)37-35-33-31-29-27-25-23-18-16-14-12-10-8-6-4-2/h21-22,35,37,40-42,45-46H,3-20,23-34,36,38-39H2,1-2H3,(H,44,47)(H,48,49,50)/b22-21-,37-35+. The molecule has 7 nitrogen and oxygen atoms in total. The van der Waals surface area contributed by atoms with E-state index in [1.807, 2.05) is 0 Å². The molecule has 0 rings (SSSR count). The Balaban J connectivity index is 4.00. The van der Waals surface area contributed by atoms with Crippen molar-refractivity contribution in [3.63, 3.8) is 0 Å². The van der Waals surface area contributed by atoms with Crippen LogP contribution < -0.4 is 5.32 Å². The second kappa shape index (κ2) is 37.1. The van der Waals surface area contributed by atoms with Crippen molar-refractivity contribution in [1.29, 1.82) is 0 Å². The molecule has 0 aromatic carbocycles. The molecular formula is C43H83NO6S. The summed E-state index contributed by atoms with van der Waals surface area (Å²) < 4.78 is 32.5. The van der Waals surface area contributed by atoms with E-state index in [0.29, 0.717) is 6.42 Å². The van der Waals surface area contributed by atoms with Crippen LogP contribution in [0.2, 0.25) is 0 Å². The first-order chi connectivity index (χ1) is 24.7. The number of rotatable bonds is 39. The highest BCUT2D eigenvalue weighted by Crippen LogP contribution is 2.15. The van der Waals surface area contributed by atoms with E-state index in [2.05, 4.69) is 31.3 Å². The monoisotopic (exact) mass is 742 g/mol. The average molecular weight is 742 g/mol. The third kappa shape index (κ3) is 36.9. The Hall–Kier alpha value is -1.22. The van der Waals surface area contributed by atoms with Crippen molar-refractivity contribution in [2.75, 3.05) is 5.75 Å². The normalized spacial score (nSPS) is 14.1. The van der Waals surface area contributed by atoms with Gasteiger partial charge in [-0.3, -0.25) is 9.35 Å². The van der Waals surface area contributed by atoms with Crippen molar-refractivity contribution in [1.82, 2.24) is 5.32 Å². The molecule has 0 aromatic heterocycles. The molecular weight excluding hydrogens is 659 g/mol. The Kier molecular flexibility index (Phi) is 36.2. The van der Waals surface area contributed by atoms with Crippen LogP contribution in [0.15, 0.2) is 24.3 Å². The van der Waals surface area contributed by atoms with Crippen LogP contribution in [-0.4, -0.2) is 53.1 Å². The molecule has 0 heterocycles. The predicted molar refractivity (Wildman–Crippen MR) is 218 cm³/mol. The largest absolute Gasteiger partial charge is 0.387 e. The van der Waals surface area contributed by atoms with Crippen LogP contribution in [0, 0.1) is 0 Å². The zero-order chi connectivity index (χ0) is 37.7. The lowest BCUT2D eigenvalue weighted by atomic mass is 10.0. The minimum atomic E-state index is -4.44. The van der Waals surface area contributed by atoms with Gasteiger partial charge < -0.3 is 15.5 Å². The third-order valence-corrected chi connectivity index (χ3v) is 10.8. The SMILES string of the molecule is CCCCCCCCCCC/C=C\CCCCCCCCC(O)C(=O)NC(CS(=O)(=O)O)C(O)/C=C/CCCCCCCCCCCCCCC. The fraction of sp³-hybridized carbons (Fsp3) is 0.884. The molecule has 302 valence electrons. The van der Waals surface area contributed by atoms with Crippen molar-refractivity contribution < 1.29 is 28.0 Å². The molecule has 0 saturated carbocycles. The van der Waals surface area contributed by atoms with Crippen LogP contribution >= 0.6 is 0 Å². The van der Waals surface area contributed by atoms with Crippen LogP contribution in [0.5, 0.6) is 0 Å². The van der Waals surface area contributed by atoms with Gasteiger partial charge in [-0.1, -0.05) is 199 Å². The van der Waals surface area contributed by atoms with E-state index in [1.165, 1.54) is 154 Å². The van der Waals surface area contributed by atoms with Gasteiger partial charge in [0.2, 0.25) is 5.91 Å². The lowest BCUT2D eigenvalue weighted by Gasteiger charge is -2.22. The first-order valence-corrected chi connectivity index (χ1v) is 23.3. The lowest BCUT2D eigenvalue weighted by Crippen LogP contribution is -2.50. The Morgan fingerprint density at radius 2 is 0.863 bits per heavy atom. The lowest BCUT2D eigenvalue weighted by molar-refractivity contribution is -0.130. The summed E-state index contributed by atoms with van der Waals surface area (Å²) in [7, 11) is -4.44. The zero-order valence-corrected chi connectivity index (χ0v) is 34.2. The summed E-state index contributed by atoms with van der Waals surface area (Å²) in [6, 6.07) is -1.23. The van der Waals surface area contributed by atoms with E-state index < -0.39 is 40.0 Å². The van der Waals surface area contributed by atoms with E-state index >= 15 is 0 Å². The average Bonchev–Trinajstić information content (AvgIpc) is 3.09. The van der Waals surface area contributed by atoms with Crippen LogP contribution in [0.4, 0.5) is 0 Å². The molecule has 0 bridgehead atoms. The number of nitrogens with one attached hydrogen (secondary N) is 1.